The number of anilines is 1. The van der Waals surface area contributed by atoms with E-state index in [-0.39, 0.29) is 12.5 Å². The molecule has 154 valence electrons. The Hall–Kier alpha value is -2.86. The molecule has 0 radical (unpaired) electrons. The van der Waals surface area contributed by atoms with Crippen molar-refractivity contribution in [1.82, 2.24) is 4.57 Å². The highest BCUT2D eigenvalue weighted by atomic mass is 32.1. The molecule has 6 heteroatoms. The van der Waals surface area contributed by atoms with E-state index in [1.165, 1.54) is 36.8 Å². The normalized spacial score (nSPS) is 17.0. The number of aromatic nitrogens is 1. The molecule has 1 fully saturated rings. The van der Waals surface area contributed by atoms with Crippen LogP contribution >= 0.6 is 11.3 Å². The molecule has 1 aliphatic carbocycles. The van der Waals surface area contributed by atoms with Crippen LogP contribution in [0.1, 0.15) is 42.9 Å². The number of fused-ring (bicyclic) bond motifs is 1. The fourth-order valence-corrected chi connectivity index (χ4v) is 5.29. The molecular formula is C24H25N3O2S. The molecule has 0 saturated heterocycles. The van der Waals surface area contributed by atoms with Gasteiger partial charge in [-0.3, -0.25) is 4.79 Å². The fourth-order valence-electron chi connectivity index (χ4n) is 4.31. The Bertz CT molecular complexity index is 1190. The van der Waals surface area contributed by atoms with Gasteiger partial charge in [0.05, 0.1) is 17.1 Å². The summed E-state index contributed by atoms with van der Waals surface area (Å²) in [6.07, 6.45) is 4.86. The average Bonchev–Trinajstić information content (AvgIpc) is 3.40. The van der Waals surface area contributed by atoms with Gasteiger partial charge in [0.2, 0.25) is 0 Å². The Labute approximate surface area is 180 Å². The van der Waals surface area contributed by atoms with E-state index in [4.69, 9.17) is 9.73 Å². The van der Waals surface area contributed by atoms with Gasteiger partial charge in [-0.1, -0.05) is 25.0 Å². The summed E-state index contributed by atoms with van der Waals surface area (Å²) in [5.74, 6) is 0.612. The summed E-state index contributed by atoms with van der Waals surface area (Å²) in [5.41, 5.74) is 6.39. The van der Waals surface area contributed by atoms with E-state index < -0.39 is 0 Å². The van der Waals surface area contributed by atoms with Gasteiger partial charge < -0.3 is 14.6 Å². The summed E-state index contributed by atoms with van der Waals surface area (Å²) in [7, 11) is 0. The summed E-state index contributed by atoms with van der Waals surface area (Å²) >= 11 is 1.68. The first kappa shape index (κ1) is 19.1. The topological polar surface area (TPSA) is 55.6 Å². The summed E-state index contributed by atoms with van der Waals surface area (Å²) in [4.78, 5) is 17.9. The molecule has 3 aromatic rings. The van der Waals surface area contributed by atoms with E-state index in [0.29, 0.717) is 6.04 Å². The SMILES string of the molecule is Cc1ccc(C)c(N=c2scc(-c3ccc4c(c3)NC(=O)CO4)n2C2CCCC2)c1. The van der Waals surface area contributed by atoms with Gasteiger partial charge in [0.15, 0.2) is 11.4 Å². The molecule has 0 spiro atoms. The number of hydrogen-bond donors (Lipinski definition) is 1. The Balaban J connectivity index is 1.65. The Morgan fingerprint density at radius 1 is 1.13 bits per heavy atom. The van der Waals surface area contributed by atoms with Crippen LogP contribution in [0.15, 0.2) is 46.8 Å². The largest absolute Gasteiger partial charge is 0.482 e. The van der Waals surface area contributed by atoms with Crippen LogP contribution in [0.4, 0.5) is 11.4 Å². The van der Waals surface area contributed by atoms with Crippen molar-refractivity contribution in [3.05, 3.63) is 57.7 Å². The van der Waals surface area contributed by atoms with E-state index >= 15 is 0 Å². The number of carbonyl (C=O) groups is 1. The van der Waals surface area contributed by atoms with E-state index in [0.717, 1.165) is 33.2 Å². The third kappa shape index (κ3) is 3.56. The lowest BCUT2D eigenvalue weighted by molar-refractivity contribution is -0.118. The lowest BCUT2D eigenvalue weighted by Crippen LogP contribution is -2.25. The quantitative estimate of drug-likeness (QED) is 0.608. The summed E-state index contributed by atoms with van der Waals surface area (Å²) in [6.45, 7) is 4.29. The highest BCUT2D eigenvalue weighted by molar-refractivity contribution is 7.07. The maximum atomic E-state index is 11.8. The van der Waals surface area contributed by atoms with Crippen LogP contribution in [0.25, 0.3) is 11.3 Å². The predicted molar refractivity (Wildman–Crippen MR) is 121 cm³/mol. The highest BCUT2D eigenvalue weighted by Crippen LogP contribution is 2.37. The second-order valence-corrected chi connectivity index (χ2v) is 9.00. The van der Waals surface area contributed by atoms with Crippen LogP contribution in [0.5, 0.6) is 5.75 Å². The summed E-state index contributed by atoms with van der Waals surface area (Å²) < 4.78 is 7.94. The molecule has 0 atom stereocenters. The van der Waals surface area contributed by atoms with Crippen molar-refractivity contribution in [2.75, 3.05) is 11.9 Å². The van der Waals surface area contributed by atoms with Gasteiger partial charge >= 0.3 is 0 Å². The second kappa shape index (κ2) is 7.76. The highest BCUT2D eigenvalue weighted by Gasteiger charge is 2.23. The lowest BCUT2D eigenvalue weighted by Gasteiger charge is -2.20. The first-order valence-electron chi connectivity index (χ1n) is 10.5. The molecule has 5 rings (SSSR count). The minimum Gasteiger partial charge on any atom is -0.482 e. The molecule has 1 aliphatic heterocycles. The molecule has 30 heavy (non-hydrogen) atoms. The number of hydrogen-bond acceptors (Lipinski definition) is 4. The van der Waals surface area contributed by atoms with Gasteiger partial charge in [-0.25, -0.2) is 4.99 Å². The van der Waals surface area contributed by atoms with Crippen molar-refractivity contribution in [1.29, 1.82) is 0 Å². The van der Waals surface area contributed by atoms with Crippen molar-refractivity contribution in [3.63, 3.8) is 0 Å². The van der Waals surface area contributed by atoms with E-state index in [1.807, 2.05) is 12.1 Å². The van der Waals surface area contributed by atoms with Crippen molar-refractivity contribution in [2.24, 2.45) is 4.99 Å². The third-order valence-corrected chi connectivity index (χ3v) is 6.76. The number of nitrogens with zero attached hydrogens (tertiary/aromatic N) is 2. The number of thiazole rings is 1. The van der Waals surface area contributed by atoms with Crippen molar-refractivity contribution in [3.8, 4) is 17.0 Å². The minimum absolute atomic E-state index is 0.0751. The first-order chi connectivity index (χ1) is 14.6. The van der Waals surface area contributed by atoms with E-state index in [2.05, 4.69) is 53.4 Å². The summed E-state index contributed by atoms with van der Waals surface area (Å²) in [5, 5.41) is 5.12. The molecule has 1 amide bonds. The van der Waals surface area contributed by atoms with Crippen LogP contribution in [0.2, 0.25) is 0 Å². The van der Waals surface area contributed by atoms with Gasteiger partial charge in [0, 0.05) is 17.0 Å². The van der Waals surface area contributed by atoms with Crippen LogP contribution in [0.3, 0.4) is 0 Å². The lowest BCUT2D eigenvalue weighted by atomic mass is 10.1. The smallest absolute Gasteiger partial charge is 0.262 e. The molecular weight excluding hydrogens is 394 g/mol. The van der Waals surface area contributed by atoms with Gasteiger partial charge in [-0.2, -0.15) is 0 Å². The maximum absolute atomic E-state index is 11.8. The standard InChI is InChI=1S/C24H25N3O2S/c1-15-7-8-16(2)19(11-15)26-24-27(18-5-3-4-6-18)21(14-30-24)17-9-10-22-20(12-17)25-23(28)13-29-22/h7-12,14,18H,3-6,13H2,1-2H3,(H,25,28). The molecule has 0 bridgehead atoms. The molecule has 1 saturated carbocycles. The zero-order valence-electron chi connectivity index (χ0n) is 17.3. The molecule has 2 aromatic carbocycles. The number of nitrogens with one attached hydrogen (secondary N) is 1. The molecule has 2 heterocycles. The van der Waals surface area contributed by atoms with Crippen LogP contribution in [0, 0.1) is 13.8 Å². The average molecular weight is 420 g/mol. The first-order valence-corrected chi connectivity index (χ1v) is 11.4. The maximum Gasteiger partial charge on any atom is 0.262 e. The minimum atomic E-state index is -0.112. The van der Waals surface area contributed by atoms with Crippen LogP contribution in [-0.4, -0.2) is 17.1 Å². The second-order valence-electron chi connectivity index (χ2n) is 8.16. The van der Waals surface area contributed by atoms with Crippen molar-refractivity contribution >= 4 is 28.6 Å². The number of ether oxygens (including phenoxy) is 1. The van der Waals surface area contributed by atoms with Crippen LogP contribution < -0.4 is 14.9 Å². The summed E-state index contributed by atoms with van der Waals surface area (Å²) in [6, 6.07) is 12.9. The zero-order chi connectivity index (χ0) is 20.7. The predicted octanol–water partition coefficient (Wildman–Crippen LogP) is 5.51. The van der Waals surface area contributed by atoms with E-state index in [9.17, 15) is 4.79 Å². The number of benzene rings is 2. The Morgan fingerprint density at radius 3 is 2.80 bits per heavy atom. The molecule has 1 N–H and O–H groups in total. The van der Waals surface area contributed by atoms with Crippen molar-refractivity contribution in [2.45, 2.75) is 45.6 Å². The number of aryl methyl sites for hydroxylation is 2. The fraction of sp³-hybridized carbons (Fsp3) is 0.333. The number of rotatable bonds is 3. The number of amides is 1. The van der Waals surface area contributed by atoms with Crippen molar-refractivity contribution < 1.29 is 9.53 Å². The van der Waals surface area contributed by atoms with Gasteiger partial charge in [0.1, 0.15) is 5.75 Å². The van der Waals surface area contributed by atoms with Gasteiger partial charge in [-0.15, -0.1) is 11.3 Å². The van der Waals surface area contributed by atoms with Gasteiger partial charge in [0.25, 0.3) is 5.91 Å². The Morgan fingerprint density at radius 2 is 1.97 bits per heavy atom. The van der Waals surface area contributed by atoms with E-state index in [1.54, 1.807) is 11.3 Å². The molecule has 2 aliphatic rings. The van der Waals surface area contributed by atoms with Crippen LogP contribution in [-0.2, 0) is 4.79 Å². The monoisotopic (exact) mass is 419 g/mol. The zero-order valence-corrected chi connectivity index (χ0v) is 18.1. The molecule has 0 unspecified atom stereocenters. The van der Waals surface area contributed by atoms with Gasteiger partial charge in [-0.05, 0) is 62.1 Å². The molecule has 1 aromatic heterocycles. The number of carbonyl (C=O) groups excluding carboxylic acids is 1. The third-order valence-electron chi connectivity index (χ3n) is 5.92. The Kier molecular flexibility index (Phi) is 4.95. The molecule has 5 nitrogen and oxygen atoms in total.